The SMILES string of the molecule is CCC(=O)Nc1nc2ccc(CCC(=O)N3CCN(c4ccccc4F)CC3)cc2s1. The lowest BCUT2D eigenvalue weighted by Crippen LogP contribution is -2.49. The number of amides is 2. The summed E-state index contributed by atoms with van der Waals surface area (Å²) in [5.74, 6) is -0.161. The zero-order chi connectivity index (χ0) is 21.8. The van der Waals surface area contributed by atoms with Crippen molar-refractivity contribution in [1.82, 2.24) is 9.88 Å². The van der Waals surface area contributed by atoms with Crippen molar-refractivity contribution in [2.24, 2.45) is 0 Å². The minimum atomic E-state index is -0.224. The Hall–Kier alpha value is -3.00. The van der Waals surface area contributed by atoms with Crippen LogP contribution in [0.4, 0.5) is 15.2 Å². The van der Waals surface area contributed by atoms with Crippen LogP contribution >= 0.6 is 11.3 Å². The molecular weight excluding hydrogens is 415 g/mol. The summed E-state index contributed by atoms with van der Waals surface area (Å²) in [5, 5.41) is 3.39. The van der Waals surface area contributed by atoms with Gasteiger partial charge < -0.3 is 15.1 Å². The first-order valence-corrected chi connectivity index (χ1v) is 11.3. The van der Waals surface area contributed by atoms with E-state index >= 15 is 0 Å². The van der Waals surface area contributed by atoms with Gasteiger partial charge in [-0.1, -0.05) is 36.5 Å². The third kappa shape index (κ3) is 5.02. The summed E-state index contributed by atoms with van der Waals surface area (Å²) in [4.78, 5) is 32.5. The molecule has 0 spiro atoms. The second-order valence-electron chi connectivity index (χ2n) is 7.54. The minimum Gasteiger partial charge on any atom is -0.366 e. The molecule has 1 aliphatic rings. The van der Waals surface area contributed by atoms with E-state index in [0.717, 1.165) is 15.8 Å². The van der Waals surface area contributed by atoms with Crippen LogP contribution in [0.25, 0.3) is 10.2 Å². The molecule has 0 aliphatic carbocycles. The molecule has 31 heavy (non-hydrogen) atoms. The van der Waals surface area contributed by atoms with E-state index in [2.05, 4.69) is 10.3 Å². The van der Waals surface area contributed by atoms with E-state index in [1.807, 2.05) is 34.1 Å². The third-order valence-corrected chi connectivity index (χ3v) is 6.41. The standard InChI is InChI=1S/C23H25FN4O2S/c1-2-21(29)26-23-25-18-9-7-16(15-20(18)31-23)8-10-22(30)28-13-11-27(12-14-28)19-6-4-3-5-17(19)24/h3-7,9,15H,2,8,10-14H2,1H3,(H,25,26,29). The van der Waals surface area contributed by atoms with Crippen LogP contribution in [0.15, 0.2) is 42.5 Å². The maximum absolute atomic E-state index is 14.0. The fourth-order valence-corrected chi connectivity index (χ4v) is 4.65. The molecule has 8 heteroatoms. The van der Waals surface area contributed by atoms with Gasteiger partial charge in [0.15, 0.2) is 5.13 Å². The Balaban J connectivity index is 1.31. The Kier molecular flexibility index (Phi) is 6.46. The van der Waals surface area contributed by atoms with Crippen molar-refractivity contribution in [1.29, 1.82) is 0 Å². The molecule has 1 aliphatic heterocycles. The summed E-state index contributed by atoms with van der Waals surface area (Å²) in [6.07, 6.45) is 1.50. The van der Waals surface area contributed by atoms with Gasteiger partial charge >= 0.3 is 0 Å². The highest BCUT2D eigenvalue weighted by molar-refractivity contribution is 7.22. The van der Waals surface area contributed by atoms with Crippen LogP contribution in [0.2, 0.25) is 0 Å². The van der Waals surface area contributed by atoms with Crippen molar-refractivity contribution in [3.05, 3.63) is 53.8 Å². The van der Waals surface area contributed by atoms with Gasteiger partial charge in [0.1, 0.15) is 5.82 Å². The fourth-order valence-electron chi connectivity index (χ4n) is 3.70. The van der Waals surface area contributed by atoms with E-state index in [9.17, 15) is 14.0 Å². The Bertz CT molecular complexity index is 1090. The van der Waals surface area contributed by atoms with E-state index in [-0.39, 0.29) is 17.6 Å². The molecule has 2 heterocycles. The Morgan fingerprint density at radius 2 is 1.90 bits per heavy atom. The lowest BCUT2D eigenvalue weighted by molar-refractivity contribution is -0.131. The number of piperazine rings is 1. The molecule has 6 nitrogen and oxygen atoms in total. The van der Waals surface area contributed by atoms with Crippen LogP contribution < -0.4 is 10.2 Å². The number of anilines is 2. The van der Waals surface area contributed by atoms with Crippen molar-refractivity contribution in [3.63, 3.8) is 0 Å². The Morgan fingerprint density at radius 1 is 1.13 bits per heavy atom. The third-order valence-electron chi connectivity index (χ3n) is 5.47. The molecule has 0 radical (unpaired) electrons. The molecule has 2 aromatic carbocycles. The number of nitrogens with one attached hydrogen (secondary N) is 1. The van der Waals surface area contributed by atoms with E-state index in [1.165, 1.54) is 17.4 Å². The maximum atomic E-state index is 14.0. The molecule has 1 fully saturated rings. The first-order valence-electron chi connectivity index (χ1n) is 10.5. The number of hydrogen-bond acceptors (Lipinski definition) is 5. The highest BCUT2D eigenvalue weighted by Crippen LogP contribution is 2.27. The lowest BCUT2D eigenvalue weighted by atomic mass is 10.1. The maximum Gasteiger partial charge on any atom is 0.225 e. The number of nitrogens with zero attached hydrogens (tertiary/aromatic N) is 3. The summed E-state index contributed by atoms with van der Waals surface area (Å²) in [6.45, 7) is 4.26. The van der Waals surface area contributed by atoms with Crippen molar-refractivity contribution in [2.45, 2.75) is 26.2 Å². The van der Waals surface area contributed by atoms with Crippen molar-refractivity contribution in [2.75, 3.05) is 36.4 Å². The zero-order valence-electron chi connectivity index (χ0n) is 17.4. The Labute approximate surface area is 184 Å². The number of fused-ring (bicyclic) bond motifs is 1. The second-order valence-corrected chi connectivity index (χ2v) is 8.57. The average Bonchev–Trinajstić information content (AvgIpc) is 3.19. The van der Waals surface area contributed by atoms with Gasteiger partial charge in [-0.25, -0.2) is 9.37 Å². The topological polar surface area (TPSA) is 65.5 Å². The van der Waals surface area contributed by atoms with E-state index in [1.54, 1.807) is 19.1 Å². The summed E-state index contributed by atoms with van der Waals surface area (Å²) < 4.78 is 15.0. The fraction of sp³-hybridized carbons (Fsp3) is 0.348. The summed E-state index contributed by atoms with van der Waals surface area (Å²) in [5.41, 5.74) is 2.51. The van der Waals surface area contributed by atoms with E-state index < -0.39 is 0 Å². The summed E-state index contributed by atoms with van der Waals surface area (Å²) in [7, 11) is 0. The smallest absolute Gasteiger partial charge is 0.225 e. The number of thiazole rings is 1. The highest BCUT2D eigenvalue weighted by Gasteiger charge is 2.22. The molecule has 0 unspecified atom stereocenters. The average molecular weight is 441 g/mol. The molecular formula is C23H25FN4O2S. The summed E-state index contributed by atoms with van der Waals surface area (Å²) >= 11 is 1.44. The first kappa shape index (κ1) is 21.2. The molecule has 1 N–H and O–H groups in total. The largest absolute Gasteiger partial charge is 0.366 e. The number of aryl methyl sites for hydroxylation is 1. The normalized spacial score (nSPS) is 14.1. The quantitative estimate of drug-likeness (QED) is 0.628. The molecule has 1 saturated heterocycles. The van der Waals surface area contributed by atoms with Gasteiger partial charge in [0.05, 0.1) is 15.9 Å². The van der Waals surface area contributed by atoms with Gasteiger partial charge in [0.25, 0.3) is 0 Å². The lowest BCUT2D eigenvalue weighted by Gasteiger charge is -2.36. The predicted octanol–water partition coefficient (Wildman–Crippen LogP) is 4.07. The monoisotopic (exact) mass is 440 g/mol. The predicted molar refractivity (Wildman–Crippen MR) is 122 cm³/mol. The van der Waals surface area contributed by atoms with Crippen LogP contribution in [-0.2, 0) is 16.0 Å². The van der Waals surface area contributed by atoms with E-state index in [4.69, 9.17) is 0 Å². The van der Waals surface area contributed by atoms with Crippen LogP contribution in [0.3, 0.4) is 0 Å². The van der Waals surface area contributed by atoms with Crippen LogP contribution in [-0.4, -0.2) is 47.9 Å². The number of rotatable bonds is 6. The van der Waals surface area contributed by atoms with Gasteiger partial charge in [-0.2, -0.15) is 0 Å². The number of aromatic nitrogens is 1. The number of para-hydroxylation sites is 1. The highest BCUT2D eigenvalue weighted by atomic mass is 32.1. The van der Waals surface area contributed by atoms with Crippen molar-refractivity contribution < 1.29 is 14.0 Å². The number of hydrogen-bond donors (Lipinski definition) is 1. The number of carbonyl (C=O) groups is 2. The summed E-state index contributed by atoms with van der Waals surface area (Å²) in [6, 6.07) is 12.7. The molecule has 1 aromatic heterocycles. The van der Waals surface area contributed by atoms with Crippen LogP contribution in [0.1, 0.15) is 25.3 Å². The number of carbonyl (C=O) groups excluding carboxylic acids is 2. The van der Waals surface area contributed by atoms with Gasteiger partial charge in [-0.05, 0) is 36.2 Å². The zero-order valence-corrected chi connectivity index (χ0v) is 18.3. The molecule has 4 rings (SSSR count). The molecule has 3 aromatic rings. The van der Waals surface area contributed by atoms with Crippen molar-refractivity contribution >= 4 is 44.2 Å². The molecule has 2 amide bonds. The van der Waals surface area contributed by atoms with Crippen molar-refractivity contribution in [3.8, 4) is 0 Å². The molecule has 0 atom stereocenters. The second kappa shape index (κ2) is 9.43. The first-order chi connectivity index (χ1) is 15.0. The number of halogens is 1. The Morgan fingerprint density at radius 3 is 2.65 bits per heavy atom. The minimum absolute atomic E-state index is 0.0556. The molecule has 162 valence electrons. The van der Waals surface area contributed by atoms with Crippen LogP contribution in [0.5, 0.6) is 0 Å². The van der Waals surface area contributed by atoms with Gasteiger partial charge in [-0.3, -0.25) is 9.59 Å². The van der Waals surface area contributed by atoms with Gasteiger partial charge in [0.2, 0.25) is 11.8 Å². The number of benzene rings is 2. The van der Waals surface area contributed by atoms with E-state index in [0.29, 0.717) is 56.3 Å². The van der Waals surface area contributed by atoms with Crippen LogP contribution in [0, 0.1) is 5.82 Å². The van der Waals surface area contributed by atoms with Gasteiger partial charge in [-0.15, -0.1) is 0 Å². The van der Waals surface area contributed by atoms with Gasteiger partial charge in [0, 0.05) is 39.0 Å². The molecule has 0 bridgehead atoms. The molecule has 0 saturated carbocycles.